The lowest BCUT2D eigenvalue weighted by Crippen LogP contribution is -2.13. The molecule has 0 bridgehead atoms. The molecule has 0 amide bonds. The number of carbonyl (C=O) groups excluding carboxylic acids is 1. The monoisotopic (exact) mass is 373 g/mol. The van der Waals surface area contributed by atoms with E-state index in [9.17, 15) is 9.59 Å². The van der Waals surface area contributed by atoms with Crippen LogP contribution in [-0.2, 0) is 16.1 Å². The van der Waals surface area contributed by atoms with E-state index < -0.39 is 11.6 Å². The number of carbonyl (C=O) groups is 1. The van der Waals surface area contributed by atoms with E-state index >= 15 is 0 Å². The fourth-order valence-electron chi connectivity index (χ4n) is 2.36. The molecule has 0 unspecified atom stereocenters. The molecule has 1 aromatic carbocycles. The van der Waals surface area contributed by atoms with Crippen molar-refractivity contribution in [3.63, 3.8) is 0 Å². The van der Waals surface area contributed by atoms with E-state index in [1.807, 2.05) is 6.92 Å². The van der Waals surface area contributed by atoms with E-state index in [0.717, 1.165) is 5.56 Å². The van der Waals surface area contributed by atoms with Crippen LogP contribution in [0.25, 0.3) is 11.0 Å². The summed E-state index contributed by atoms with van der Waals surface area (Å²) in [4.78, 5) is 31.6. The van der Waals surface area contributed by atoms with Crippen LogP contribution in [0.3, 0.4) is 0 Å². The molecule has 0 saturated carbocycles. The molecule has 8 heteroatoms. The summed E-state index contributed by atoms with van der Waals surface area (Å²) in [6.07, 6.45) is 3.34. The van der Waals surface area contributed by atoms with Crippen molar-refractivity contribution in [2.24, 2.45) is 0 Å². The lowest BCUT2D eigenvalue weighted by molar-refractivity contribution is -0.144. The Kier molecular flexibility index (Phi) is 5.48. The average molecular weight is 374 g/mol. The molecule has 2 heterocycles. The number of esters is 1. The number of fused-ring (bicyclic) bond motifs is 1. The van der Waals surface area contributed by atoms with Gasteiger partial charge < -0.3 is 14.5 Å². The number of aromatic nitrogens is 2. The molecule has 134 valence electrons. The first-order chi connectivity index (χ1) is 12.5. The van der Waals surface area contributed by atoms with E-state index in [1.54, 1.807) is 30.6 Å². The SMILES string of the molecule is Cc1cc2oc(=O)cc(COC(=O)CCNc3ncccn3)c2cc1Cl. The Bertz CT molecular complexity index is 989. The first kappa shape index (κ1) is 17.9. The van der Waals surface area contributed by atoms with Gasteiger partial charge in [0.15, 0.2) is 0 Å². The molecule has 0 aliphatic carbocycles. The zero-order chi connectivity index (χ0) is 18.5. The van der Waals surface area contributed by atoms with Crippen LogP contribution in [0.4, 0.5) is 5.95 Å². The smallest absolute Gasteiger partial charge is 0.336 e. The summed E-state index contributed by atoms with van der Waals surface area (Å²) in [6, 6.07) is 6.39. The van der Waals surface area contributed by atoms with Crippen LogP contribution >= 0.6 is 11.6 Å². The Labute approximate surface area is 154 Å². The van der Waals surface area contributed by atoms with Crippen molar-refractivity contribution >= 4 is 34.5 Å². The minimum atomic E-state index is -0.506. The molecule has 1 N–H and O–H groups in total. The van der Waals surface area contributed by atoms with Gasteiger partial charge in [0, 0.05) is 41.0 Å². The van der Waals surface area contributed by atoms with E-state index in [4.69, 9.17) is 20.8 Å². The molecule has 7 nitrogen and oxygen atoms in total. The topological polar surface area (TPSA) is 94.3 Å². The number of hydrogen-bond acceptors (Lipinski definition) is 7. The van der Waals surface area contributed by atoms with Crippen molar-refractivity contribution < 1.29 is 13.9 Å². The predicted molar refractivity (Wildman–Crippen MR) is 97.2 cm³/mol. The maximum atomic E-state index is 11.9. The zero-order valence-electron chi connectivity index (χ0n) is 14.0. The van der Waals surface area contributed by atoms with Crippen molar-refractivity contribution in [3.8, 4) is 0 Å². The summed E-state index contributed by atoms with van der Waals surface area (Å²) in [7, 11) is 0. The summed E-state index contributed by atoms with van der Waals surface area (Å²) in [6.45, 7) is 2.12. The maximum Gasteiger partial charge on any atom is 0.336 e. The Morgan fingerprint density at radius 1 is 1.27 bits per heavy atom. The van der Waals surface area contributed by atoms with Gasteiger partial charge in [-0.15, -0.1) is 0 Å². The Hall–Kier alpha value is -2.93. The molecule has 0 atom stereocenters. The number of halogens is 1. The van der Waals surface area contributed by atoms with E-state index in [-0.39, 0.29) is 13.0 Å². The van der Waals surface area contributed by atoms with Gasteiger partial charge in [-0.1, -0.05) is 11.6 Å². The van der Waals surface area contributed by atoms with Crippen LogP contribution < -0.4 is 10.9 Å². The number of nitrogens with zero attached hydrogens (tertiary/aromatic N) is 2. The largest absolute Gasteiger partial charge is 0.461 e. The summed E-state index contributed by atoms with van der Waals surface area (Å²) in [5.41, 5.74) is 1.25. The van der Waals surface area contributed by atoms with Gasteiger partial charge in [0.1, 0.15) is 12.2 Å². The highest BCUT2D eigenvalue weighted by molar-refractivity contribution is 6.32. The molecule has 0 fully saturated rings. The average Bonchev–Trinajstić information content (AvgIpc) is 2.62. The fourth-order valence-corrected chi connectivity index (χ4v) is 2.53. The molecular weight excluding hydrogens is 358 g/mol. The van der Waals surface area contributed by atoms with Crippen molar-refractivity contribution in [2.45, 2.75) is 20.0 Å². The Morgan fingerprint density at radius 2 is 2.04 bits per heavy atom. The number of benzene rings is 1. The molecule has 26 heavy (non-hydrogen) atoms. The van der Waals surface area contributed by atoms with Crippen LogP contribution in [0.2, 0.25) is 5.02 Å². The highest BCUT2D eigenvalue weighted by atomic mass is 35.5. The number of ether oxygens (including phenoxy) is 1. The zero-order valence-corrected chi connectivity index (χ0v) is 14.7. The van der Waals surface area contributed by atoms with Gasteiger partial charge in [0.05, 0.1) is 6.42 Å². The normalized spacial score (nSPS) is 10.7. The van der Waals surface area contributed by atoms with Gasteiger partial charge >= 0.3 is 11.6 Å². The van der Waals surface area contributed by atoms with Gasteiger partial charge in [-0.25, -0.2) is 14.8 Å². The lowest BCUT2D eigenvalue weighted by atomic mass is 10.1. The molecule has 0 radical (unpaired) electrons. The molecule has 2 aromatic heterocycles. The van der Waals surface area contributed by atoms with Gasteiger partial charge in [-0.05, 0) is 30.7 Å². The van der Waals surface area contributed by atoms with Crippen molar-refractivity contribution in [1.29, 1.82) is 0 Å². The Balaban J connectivity index is 1.63. The first-order valence-corrected chi connectivity index (χ1v) is 8.30. The number of rotatable bonds is 6. The fraction of sp³-hybridized carbons (Fsp3) is 0.222. The first-order valence-electron chi connectivity index (χ1n) is 7.92. The maximum absolute atomic E-state index is 11.9. The van der Waals surface area contributed by atoms with E-state index in [2.05, 4.69) is 15.3 Å². The summed E-state index contributed by atoms with van der Waals surface area (Å²) in [5.74, 6) is 0.0324. The van der Waals surface area contributed by atoms with E-state index in [0.29, 0.717) is 34.0 Å². The van der Waals surface area contributed by atoms with Crippen molar-refractivity contribution in [1.82, 2.24) is 9.97 Å². The standard InChI is InChI=1S/C18H16ClN3O4/c1-11-7-15-13(9-14(11)19)12(8-17(24)26-15)10-25-16(23)3-6-22-18-20-4-2-5-21-18/h2,4-5,7-9H,3,6,10H2,1H3,(H,20,21,22). The van der Waals surface area contributed by atoms with Crippen LogP contribution in [0.15, 0.2) is 45.9 Å². The van der Waals surface area contributed by atoms with Crippen molar-refractivity contribution in [2.75, 3.05) is 11.9 Å². The number of hydrogen-bond donors (Lipinski definition) is 1. The highest BCUT2D eigenvalue weighted by Gasteiger charge is 2.11. The van der Waals surface area contributed by atoms with Crippen LogP contribution in [0.1, 0.15) is 17.5 Å². The molecule has 0 aliphatic heterocycles. The molecular formula is C18H16ClN3O4. The molecule has 0 spiro atoms. The summed E-state index contributed by atoms with van der Waals surface area (Å²) < 4.78 is 10.4. The minimum Gasteiger partial charge on any atom is -0.461 e. The summed E-state index contributed by atoms with van der Waals surface area (Å²) >= 11 is 6.14. The van der Waals surface area contributed by atoms with Gasteiger partial charge in [-0.3, -0.25) is 4.79 Å². The molecule has 0 aliphatic rings. The van der Waals surface area contributed by atoms with Crippen LogP contribution in [0.5, 0.6) is 0 Å². The third-order valence-electron chi connectivity index (χ3n) is 3.68. The second kappa shape index (κ2) is 7.97. The van der Waals surface area contributed by atoms with Crippen molar-refractivity contribution in [3.05, 3.63) is 63.2 Å². The molecule has 3 rings (SSSR count). The number of aryl methyl sites for hydroxylation is 1. The third kappa shape index (κ3) is 4.37. The van der Waals surface area contributed by atoms with E-state index in [1.165, 1.54) is 6.07 Å². The Morgan fingerprint density at radius 3 is 2.81 bits per heavy atom. The predicted octanol–water partition coefficient (Wildman–Crippen LogP) is 3.09. The van der Waals surface area contributed by atoms with Gasteiger partial charge in [0.25, 0.3) is 0 Å². The quantitative estimate of drug-likeness (QED) is 0.524. The van der Waals surface area contributed by atoms with Gasteiger partial charge in [-0.2, -0.15) is 0 Å². The second-order valence-corrected chi connectivity index (χ2v) is 6.01. The lowest BCUT2D eigenvalue weighted by Gasteiger charge is -2.09. The number of nitrogens with one attached hydrogen (secondary N) is 1. The third-order valence-corrected chi connectivity index (χ3v) is 4.08. The number of anilines is 1. The molecule has 0 saturated heterocycles. The molecule has 3 aromatic rings. The summed E-state index contributed by atoms with van der Waals surface area (Å²) in [5, 5.41) is 4.11. The van der Waals surface area contributed by atoms with Gasteiger partial charge in [0.2, 0.25) is 5.95 Å². The van der Waals surface area contributed by atoms with Crippen LogP contribution in [-0.4, -0.2) is 22.5 Å². The second-order valence-electron chi connectivity index (χ2n) is 5.60. The highest BCUT2D eigenvalue weighted by Crippen LogP contribution is 2.25. The minimum absolute atomic E-state index is 0.0395. The van der Waals surface area contributed by atoms with Crippen LogP contribution in [0, 0.1) is 6.92 Å².